The number of hydrogen-bond donors (Lipinski definition) is 1. The van der Waals surface area contributed by atoms with Crippen LogP contribution in [0.1, 0.15) is 44.9 Å². The van der Waals surface area contributed by atoms with E-state index < -0.39 is 6.04 Å². The summed E-state index contributed by atoms with van der Waals surface area (Å²) in [5, 5.41) is 0. The third kappa shape index (κ3) is 6.74. The molecule has 0 radical (unpaired) electrons. The molecular formula is C24H34ClN3O4. The second-order valence-electron chi connectivity index (χ2n) is 9.15. The minimum atomic E-state index is -0.542. The molecule has 32 heavy (non-hydrogen) atoms. The van der Waals surface area contributed by atoms with Gasteiger partial charge in [-0.25, -0.2) is 4.79 Å². The lowest BCUT2D eigenvalue weighted by atomic mass is 9.86. The molecular weight excluding hydrogens is 430 g/mol. The number of piperidine rings is 1. The second kappa shape index (κ2) is 11.4. The van der Waals surface area contributed by atoms with Gasteiger partial charge in [0.2, 0.25) is 5.91 Å². The average molecular weight is 464 g/mol. The van der Waals surface area contributed by atoms with E-state index in [2.05, 4.69) is 0 Å². The van der Waals surface area contributed by atoms with Gasteiger partial charge >= 0.3 is 6.09 Å². The summed E-state index contributed by atoms with van der Waals surface area (Å²) < 4.78 is 11.1. The van der Waals surface area contributed by atoms with Gasteiger partial charge in [0.25, 0.3) is 0 Å². The van der Waals surface area contributed by atoms with E-state index >= 15 is 0 Å². The number of benzene rings is 1. The number of amides is 2. The number of rotatable bonds is 6. The fourth-order valence-corrected chi connectivity index (χ4v) is 3.68. The molecule has 0 spiro atoms. The highest BCUT2D eigenvalue weighted by Gasteiger charge is 2.35. The Morgan fingerprint density at radius 3 is 2.38 bits per heavy atom. The molecule has 1 aromatic carbocycles. The van der Waals surface area contributed by atoms with Crippen LogP contribution in [0.4, 0.5) is 4.79 Å². The molecule has 2 aromatic rings. The molecule has 0 aliphatic carbocycles. The molecule has 176 valence electrons. The van der Waals surface area contributed by atoms with Gasteiger partial charge < -0.3 is 19.8 Å². The van der Waals surface area contributed by atoms with Crippen LogP contribution in [-0.4, -0.2) is 47.0 Å². The van der Waals surface area contributed by atoms with Gasteiger partial charge in [-0.3, -0.25) is 9.69 Å². The van der Waals surface area contributed by atoms with Gasteiger partial charge in [0.1, 0.15) is 12.4 Å². The first-order chi connectivity index (χ1) is 14.8. The fraction of sp³-hybridized carbons (Fsp3) is 0.500. The van der Waals surface area contributed by atoms with Crippen molar-refractivity contribution in [2.75, 3.05) is 13.1 Å². The van der Waals surface area contributed by atoms with Crippen LogP contribution in [0.3, 0.4) is 0 Å². The highest BCUT2D eigenvalue weighted by molar-refractivity contribution is 5.85. The lowest BCUT2D eigenvalue weighted by Crippen LogP contribution is -2.54. The lowest BCUT2D eigenvalue weighted by molar-refractivity contribution is -0.136. The summed E-state index contributed by atoms with van der Waals surface area (Å²) in [4.78, 5) is 29.2. The van der Waals surface area contributed by atoms with Crippen LogP contribution in [0.2, 0.25) is 0 Å². The molecule has 1 atom stereocenters. The highest BCUT2D eigenvalue weighted by Crippen LogP contribution is 2.24. The zero-order valence-corrected chi connectivity index (χ0v) is 19.8. The van der Waals surface area contributed by atoms with Crippen LogP contribution in [0.5, 0.6) is 0 Å². The van der Waals surface area contributed by atoms with Crippen LogP contribution < -0.4 is 5.73 Å². The van der Waals surface area contributed by atoms with E-state index in [1.54, 1.807) is 17.2 Å². The summed E-state index contributed by atoms with van der Waals surface area (Å²) in [7, 11) is 0. The lowest BCUT2D eigenvalue weighted by Gasteiger charge is -2.39. The van der Waals surface area contributed by atoms with E-state index in [9.17, 15) is 9.59 Å². The summed E-state index contributed by atoms with van der Waals surface area (Å²) in [5.74, 6) is 0.667. The SMILES string of the molecule is CC(C)(C)[C@H](N)C(=O)N1CCC(N(Cc2ccco2)C(=O)OCc2ccccc2)CC1.Cl. The summed E-state index contributed by atoms with van der Waals surface area (Å²) >= 11 is 0. The number of hydrogen-bond acceptors (Lipinski definition) is 5. The van der Waals surface area contributed by atoms with Crippen LogP contribution in [0.25, 0.3) is 0 Å². The number of nitrogens with zero attached hydrogens (tertiary/aromatic N) is 2. The highest BCUT2D eigenvalue weighted by atomic mass is 35.5. The first-order valence-corrected chi connectivity index (χ1v) is 10.8. The number of likely N-dealkylation sites (tertiary alicyclic amines) is 1. The molecule has 0 unspecified atom stereocenters. The van der Waals surface area contributed by atoms with E-state index in [1.165, 1.54) is 0 Å². The van der Waals surface area contributed by atoms with Gasteiger partial charge in [-0.15, -0.1) is 12.4 Å². The molecule has 2 N–H and O–H groups in total. The molecule has 8 heteroatoms. The Labute approximate surface area is 196 Å². The predicted octanol–water partition coefficient (Wildman–Crippen LogP) is 4.20. The fourth-order valence-electron chi connectivity index (χ4n) is 3.68. The number of furan rings is 1. The topological polar surface area (TPSA) is 89.0 Å². The Morgan fingerprint density at radius 2 is 1.81 bits per heavy atom. The molecule has 1 saturated heterocycles. The van der Waals surface area contributed by atoms with Gasteiger partial charge in [0, 0.05) is 19.1 Å². The van der Waals surface area contributed by atoms with Crippen molar-refractivity contribution < 1.29 is 18.7 Å². The first kappa shape index (κ1) is 25.7. The molecule has 1 fully saturated rings. The maximum absolute atomic E-state index is 13.0. The van der Waals surface area contributed by atoms with E-state index in [4.69, 9.17) is 14.9 Å². The molecule has 0 bridgehead atoms. The second-order valence-corrected chi connectivity index (χ2v) is 9.15. The Balaban J connectivity index is 0.00000363. The third-order valence-corrected chi connectivity index (χ3v) is 5.76. The predicted molar refractivity (Wildman–Crippen MR) is 125 cm³/mol. The van der Waals surface area contributed by atoms with Gasteiger partial charge in [-0.05, 0) is 36.0 Å². The van der Waals surface area contributed by atoms with Crippen molar-refractivity contribution in [3.63, 3.8) is 0 Å². The summed E-state index contributed by atoms with van der Waals surface area (Å²) in [6.07, 6.45) is 2.56. The maximum atomic E-state index is 13.0. The van der Waals surface area contributed by atoms with Gasteiger partial charge in [0.15, 0.2) is 0 Å². The zero-order valence-electron chi connectivity index (χ0n) is 19.0. The van der Waals surface area contributed by atoms with Crippen LogP contribution >= 0.6 is 12.4 Å². The molecule has 3 rings (SSSR count). The molecule has 7 nitrogen and oxygen atoms in total. The van der Waals surface area contributed by atoms with Crippen molar-refractivity contribution in [1.29, 1.82) is 0 Å². The number of carbonyl (C=O) groups is 2. The monoisotopic (exact) mass is 463 g/mol. The summed E-state index contributed by atoms with van der Waals surface area (Å²) in [5.41, 5.74) is 6.81. The number of carbonyl (C=O) groups excluding carboxylic acids is 2. The minimum Gasteiger partial charge on any atom is -0.467 e. The maximum Gasteiger partial charge on any atom is 0.410 e. The van der Waals surface area contributed by atoms with Crippen molar-refractivity contribution in [3.8, 4) is 0 Å². The molecule has 2 amide bonds. The molecule has 1 aliphatic heterocycles. The smallest absolute Gasteiger partial charge is 0.410 e. The van der Waals surface area contributed by atoms with E-state index in [0.717, 1.165) is 5.56 Å². The largest absolute Gasteiger partial charge is 0.467 e. The number of ether oxygens (including phenoxy) is 1. The Hall–Kier alpha value is -2.51. The third-order valence-electron chi connectivity index (χ3n) is 5.76. The van der Waals surface area contributed by atoms with Crippen molar-refractivity contribution in [2.45, 2.75) is 58.8 Å². The van der Waals surface area contributed by atoms with Crippen LogP contribution in [0, 0.1) is 5.41 Å². The van der Waals surface area contributed by atoms with Gasteiger partial charge in [-0.1, -0.05) is 51.1 Å². The van der Waals surface area contributed by atoms with E-state index in [1.807, 2.05) is 62.1 Å². The summed E-state index contributed by atoms with van der Waals surface area (Å²) in [6.45, 7) is 7.58. The van der Waals surface area contributed by atoms with Crippen molar-refractivity contribution >= 4 is 24.4 Å². The molecule has 0 saturated carbocycles. The van der Waals surface area contributed by atoms with Crippen molar-refractivity contribution in [2.24, 2.45) is 11.1 Å². The number of nitrogens with two attached hydrogens (primary N) is 1. The molecule has 1 aliphatic rings. The normalized spacial score (nSPS) is 15.6. The number of halogens is 1. The Bertz CT molecular complexity index is 844. The Morgan fingerprint density at radius 1 is 1.16 bits per heavy atom. The first-order valence-electron chi connectivity index (χ1n) is 10.8. The van der Waals surface area contributed by atoms with Crippen molar-refractivity contribution in [3.05, 3.63) is 60.1 Å². The standard InChI is InChI=1S/C24H33N3O4.ClH/c1-24(2,3)21(25)22(28)26-13-11-19(12-14-26)27(16-20-10-7-15-30-20)23(29)31-17-18-8-5-4-6-9-18;/h4-10,15,19,21H,11-14,16-17,25H2,1-3H3;1H/t21-;/m1./s1. The quantitative estimate of drug-likeness (QED) is 0.693. The average Bonchev–Trinajstić information content (AvgIpc) is 3.28. The van der Waals surface area contributed by atoms with Crippen LogP contribution in [-0.2, 0) is 22.7 Å². The van der Waals surface area contributed by atoms with E-state index in [0.29, 0.717) is 38.2 Å². The minimum absolute atomic E-state index is 0. The van der Waals surface area contributed by atoms with Gasteiger partial charge in [-0.2, -0.15) is 0 Å². The molecule has 2 heterocycles. The van der Waals surface area contributed by atoms with Crippen molar-refractivity contribution in [1.82, 2.24) is 9.80 Å². The van der Waals surface area contributed by atoms with Gasteiger partial charge in [0.05, 0.1) is 18.8 Å². The van der Waals surface area contributed by atoms with E-state index in [-0.39, 0.29) is 42.5 Å². The van der Waals surface area contributed by atoms with Crippen LogP contribution in [0.15, 0.2) is 53.1 Å². The summed E-state index contributed by atoms with van der Waals surface area (Å²) in [6, 6.07) is 12.7. The molecule has 1 aromatic heterocycles. The zero-order chi connectivity index (χ0) is 22.4. The Kier molecular flexibility index (Phi) is 9.16.